The molecule has 2 rings (SSSR count). The lowest BCUT2D eigenvalue weighted by molar-refractivity contribution is 0.616. The second-order valence-electron chi connectivity index (χ2n) is 3.71. The molecule has 0 aliphatic heterocycles. The molecule has 18 heavy (non-hydrogen) atoms. The Kier molecular flexibility index (Phi) is 3.06. The summed E-state index contributed by atoms with van der Waals surface area (Å²) in [6.45, 7) is 0.161. The van der Waals surface area contributed by atoms with Crippen molar-refractivity contribution >= 4 is 5.69 Å². The van der Waals surface area contributed by atoms with Gasteiger partial charge in [-0.15, -0.1) is 0 Å². The molecule has 90 valence electrons. The van der Waals surface area contributed by atoms with Crippen LogP contribution in [0.5, 0.6) is 0 Å². The van der Waals surface area contributed by atoms with E-state index in [1.807, 2.05) is 0 Å². The van der Waals surface area contributed by atoms with Gasteiger partial charge < -0.3 is 5.73 Å². The molecule has 0 saturated carbocycles. The van der Waals surface area contributed by atoms with E-state index in [2.05, 4.69) is 5.10 Å². The molecule has 1 heterocycles. The fourth-order valence-electron chi connectivity index (χ4n) is 1.50. The van der Waals surface area contributed by atoms with Crippen LogP contribution in [0, 0.1) is 17.1 Å². The van der Waals surface area contributed by atoms with Gasteiger partial charge in [-0.3, -0.25) is 4.79 Å². The second kappa shape index (κ2) is 4.67. The van der Waals surface area contributed by atoms with E-state index in [0.717, 1.165) is 0 Å². The highest BCUT2D eigenvalue weighted by Crippen LogP contribution is 2.10. The van der Waals surface area contributed by atoms with Crippen LogP contribution in [0.15, 0.2) is 35.3 Å². The van der Waals surface area contributed by atoms with E-state index < -0.39 is 5.82 Å². The molecule has 0 saturated heterocycles. The molecule has 2 aromatic rings. The smallest absolute Gasteiger partial charge is 0.269 e. The Hall–Kier alpha value is -2.68. The third-order valence-electron chi connectivity index (χ3n) is 2.37. The zero-order valence-electron chi connectivity index (χ0n) is 9.30. The van der Waals surface area contributed by atoms with Gasteiger partial charge >= 0.3 is 0 Å². The van der Waals surface area contributed by atoms with Crippen molar-refractivity contribution in [3.63, 3.8) is 0 Å². The number of rotatable bonds is 2. The van der Waals surface area contributed by atoms with E-state index in [-0.39, 0.29) is 23.4 Å². The van der Waals surface area contributed by atoms with E-state index in [0.29, 0.717) is 5.56 Å². The molecule has 0 aliphatic carbocycles. The minimum atomic E-state index is -0.584. The predicted octanol–water partition coefficient (Wildman–Crippen LogP) is 0.885. The van der Waals surface area contributed by atoms with Crippen molar-refractivity contribution in [2.45, 2.75) is 6.54 Å². The van der Waals surface area contributed by atoms with Crippen LogP contribution in [0.2, 0.25) is 0 Å². The van der Waals surface area contributed by atoms with Crippen LogP contribution in [0.25, 0.3) is 0 Å². The van der Waals surface area contributed by atoms with Crippen molar-refractivity contribution in [2.24, 2.45) is 0 Å². The number of aromatic nitrogens is 2. The van der Waals surface area contributed by atoms with Gasteiger partial charge in [-0.25, -0.2) is 9.07 Å². The molecule has 6 heteroatoms. The highest BCUT2D eigenvalue weighted by Gasteiger charge is 2.05. The second-order valence-corrected chi connectivity index (χ2v) is 3.71. The van der Waals surface area contributed by atoms with Crippen LogP contribution in [0.3, 0.4) is 0 Å². The van der Waals surface area contributed by atoms with Gasteiger partial charge in [-0.2, -0.15) is 10.4 Å². The first-order valence-corrected chi connectivity index (χ1v) is 5.11. The molecule has 0 spiro atoms. The van der Waals surface area contributed by atoms with Crippen LogP contribution in [0.4, 0.5) is 10.1 Å². The number of benzene rings is 1. The molecule has 0 amide bonds. The summed E-state index contributed by atoms with van der Waals surface area (Å²) >= 11 is 0. The predicted molar refractivity (Wildman–Crippen MR) is 63.1 cm³/mol. The van der Waals surface area contributed by atoms with Gasteiger partial charge in [0.2, 0.25) is 0 Å². The van der Waals surface area contributed by atoms with Crippen molar-refractivity contribution < 1.29 is 4.39 Å². The monoisotopic (exact) mass is 244 g/mol. The third-order valence-corrected chi connectivity index (χ3v) is 2.37. The van der Waals surface area contributed by atoms with Crippen molar-refractivity contribution in [1.82, 2.24) is 9.78 Å². The van der Waals surface area contributed by atoms with E-state index in [1.54, 1.807) is 6.07 Å². The average molecular weight is 244 g/mol. The Balaban J connectivity index is 2.35. The van der Waals surface area contributed by atoms with Crippen LogP contribution in [-0.4, -0.2) is 9.78 Å². The molecular weight excluding hydrogens is 235 g/mol. The number of nitrogens with zero attached hydrogens (tertiary/aromatic N) is 3. The maximum absolute atomic E-state index is 13.1. The highest BCUT2D eigenvalue weighted by molar-refractivity contribution is 5.35. The molecule has 0 bridgehead atoms. The summed E-state index contributed by atoms with van der Waals surface area (Å²) in [6, 6.07) is 7.07. The number of hydrogen-bond donors (Lipinski definition) is 1. The number of hydrogen-bond acceptors (Lipinski definition) is 4. The number of nitrogens with two attached hydrogens (primary N) is 1. The number of halogens is 1. The number of anilines is 1. The molecule has 0 aliphatic rings. The van der Waals surface area contributed by atoms with Crippen LogP contribution >= 0.6 is 0 Å². The van der Waals surface area contributed by atoms with Crippen molar-refractivity contribution in [2.75, 3.05) is 5.73 Å². The minimum Gasteiger partial charge on any atom is -0.397 e. The van der Waals surface area contributed by atoms with Gasteiger partial charge in [-0.1, -0.05) is 6.07 Å². The summed E-state index contributed by atoms with van der Waals surface area (Å²) in [5, 5.41) is 12.6. The van der Waals surface area contributed by atoms with E-state index >= 15 is 0 Å². The van der Waals surface area contributed by atoms with Crippen LogP contribution in [0.1, 0.15) is 11.1 Å². The first-order chi connectivity index (χ1) is 8.60. The molecular formula is C12H9FN4O. The molecule has 0 atom stereocenters. The Morgan fingerprint density at radius 1 is 1.44 bits per heavy atom. The summed E-state index contributed by atoms with van der Waals surface area (Å²) in [7, 11) is 0. The van der Waals surface area contributed by atoms with Gasteiger partial charge in [0.25, 0.3) is 5.56 Å². The maximum atomic E-state index is 13.1. The average Bonchev–Trinajstić information content (AvgIpc) is 2.35. The van der Waals surface area contributed by atoms with E-state index in [4.69, 9.17) is 11.0 Å². The summed E-state index contributed by atoms with van der Waals surface area (Å²) < 4.78 is 14.3. The van der Waals surface area contributed by atoms with E-state index in [9.17, 15) is 9.18 Å². The zero-order chi connectivity index (χ0) is 13.1. The highest BCUT2D eigenvalue weighted by atomic mass is 19.1. The molecule has 2 N–H and O–H groups in total. The quantitative estimate of drug-likeness (QED) is 0.849. The minimum absolute atomic E-state index is 0.0593. The topological polar surface area (TPSA) is 84.7 Å². The molecule has 5 nitrogen and oxygen atoms in total. The lowest BCUT2D eigenvalue weighted by atomic mass is 10.1. The fourth-order valence-corrected chi connectivity index (χ4v) is 1.50. The van der Waals surface area contributed by atoms with Gasteiger partial charge in [0, 0.05) is 6.07 Å². The molecule has 1 aromatic heterocycles. The molecule has 0 unspecified atom stereocenters. The maximum Gasteiger partial charge on any atom is 0.269 e. The summed E-state index contributed by atoms with van der Waals surface area (Å²) in [5.74, 6) is -0.584. The summed E-state index contributed by atoms with van der Waals surface area (Å²) in [4.78, 5) is 11.5. The van der Waals surface area contributed by atoms with Gasteiger partial charge in [0.1, 0.15) is 11.9 Å². The van der Waals surface area contributed by atoms with E-state index in [1.165, 1.54) is 35.1 Å². The Bertz CT molecular complexity index is 687. The van der Waals surface area contributed by atoms with Crippen molar-refractivity contribution in [3.05, 3.63) is 57.8 Å². The fraction of sp³-hybridized carbons (Fsp3) is 0.0833. The normalized spacial score (nSPS) is 10.0. The first kappa shape index (κ1) is 11.8. The van der Waals surface area contributed by atoms with Crippen LogP contribution in [-0.2, 0) is 6.54 Å². The Morgan fingerprint density at radius 3 is 2.89 bits per heavy atom. The Morgan fingerprint density at radius 2 is 2.22 bits per heavy atom. The standard InChI is InChI=1S/C12H9FN4O/c13-11-2-1-8(3-9(11)5-14)7-17-12(18)4-10(15)6-16-17/h1-4,6H,7,15H2. The lowest BCUT2D eigenvalue weighted by Crippen LogP contribution is -2.22. The number of nitriles is 1. The Labute approximate surface area is 102 Å². The molecule has 1 aromatic carbocycles. The molecule has 0 fully saturated rings. The van der Waals surface area contributed by atoms with Crippen LogP contribution < -0.4 is 11.3 Å². The zero-order valence-corrected chi connectivity index (χ0v) is 9.30. The first-order valence-electron chi connectivity index (χ1n) is 5.11. The largest absolute Gasteiger partial charge is 0.397 e. The van der Waals surface area contributed by atoms with Crippen molar-refractivity contribution in [3.8, 4) is 6.07 Å². The molecule has 0 radical (unpaired) electrons. The van der Waals surface area contributed by atoms with Gasteiger partial charge in [0.15, 0.2) is 0 Å². The van der Waals surface area contributed by atoms with Gasteiger partial charge in [-0.05, 0) is 17.7 Å². The SMILES string of the molecule is N#Cc1cc(Cn2ncc(N)cc2=O)ccc1F. The van der Waals surface area contributed by atoms with Crippen molar-refractivity contribution in [1.29, 1.82) is 5.26 Å². The lowest BCUT2D eigenvalue weighted by Gasteiger charge is -2.05. The number of nitrogen functional groups attached to an aromatic ring is 1. The summed E-state index contributed by atoms with van der Waals surface area (Å²) in [6.07, 6.45) is 1.36. The third kappa shape index (κ3) is 2.35. The summed E-state index contributed by atoms with van der Waals surface area (Å²) in [5.41, 5.74) is 5.91. The van der Waals surface area contributed by atoms with Gasteiger partial charge in [0.05, 0.1) is 24.0 Å².